The van der Waals surface area contributed by atoms with Crippen molar-refractivity contribution in [2.75, 3.05) is 6.61 Å². The number of allylic oxidation sites excluding steroid dienone is 1. The highest BCUT2D eigenvalue weighted by molar-refractivity contribution is 5.72. The molecule has 0 aliphatic rings. The number of unbranched alkanes of at least 4 members (excludes halogenated alkanes) is 5. The normalized spacial score (nSPS) is 12.3. The van der Waals surface area contributed by atoms with Crippen molar-refractivity contribution in [3.05, 3.63) is 12.2 Å². The first-order chi connectivity index (χ1) is 12.1. The second-order valence-electron chi connectivity index (χ2n) is 6.60. The van der Waals surface area contributed by atoms with Crippen LogP contribution in [0.4, 0.5) is 0 Å². The molecule has 0 spiro atoms. The van der Waals surface area contributed by atoms with Gasteiger partial charge in [0.15, 0.2) is 0 Å². The van der Waals surface area contributed by atoms with E-state index in [9.17, 15) is 9.59 Å². The van der Waals surface area contributed by atoms with Crippen LogP contribution in [0.1, 0.15) is 97.8 Å². The van der Waals surface area contributed by atoms with Gasteiger partial charge >= 0.3 is 11.9 Å². The molecule has 0 radical (unpaired) electrons. The lowest BCUT2D eigenvalue weighted by Gasteiger charge is -2.13. The Hall–Kier alpha value is -1.32. The Balaban J connectivity index is 3.55. The Morgan fingerprint density at radius 3 is 2.28 bits per heavy atom. The van der Waals surface area contributed by atoms with Gasteiger partial charge in [0, 0.05) is 12.8 Å². The number of rotatable bonds is 16. The smallest absolute Gasteiger partial charge is 0.306 e. The lowest BCUT2D eigenvalue weighted by Crippen LogP contribution is -2.15. The number of hydrogen-bond donors (Lipinski definition) is 0. The summed E-state index contributed by atoms with van der Waals surface area (Å²) in [5.74, 6) is -0.449. The molecule has 0 aromatic heterocycles. The van der Waals surface area contributed by atoms with Gasteiger partial charge in [0.25, 0.3) is 0 Å². The Morgan fingerprint density at radius 2 is 1.56 bits per heavy atom. The molecular formula is C21H38O4. The van der Waals surface area contributed by atoms with E-state index in [4.69, 9.17) is 9.47 Å². The predicted octanol–water partition coefficient (Wildman–Crippen LogP) is 5.74. The number of esters is 2. The van der Waals surface area contributed by atoms with E-state index in [0.29, 0.717) is 13.0 Å². The van der Waals surface area contributed by atoms with Gasteiger partial charge in [-0.05, 0) is 39.0 Å². The Morgan fingerprint density at radius 1 is 0.880 bits per heavy atom. The first kappa shape index (κ1) is 23.7. The lowest BCUT2D eigenvalue weighted by atomic mass is 10.1. The largest absolute Gasteiger partial charge is 0.465 e. The number of ether oxygens (including phenoxy) is 2. The van der Waals surface area contributed by atoms with Gasteiger partial charge in [-0.15, -0.1) is 0 Å². The van der Waals surface area contributed by atoms with Crippen LogP contribution in [-0.2, 0) is 19.1 Å². The predicted molar refractivity (Wildman–Crippen MR) is 102 cm³/mol. The van der Waals surface area contributed by atoms with Crippen molar-refractivity contribution in [2.45, 2.75) is 104 Å². The number of hydrogen-bond acceptors (Lipinski definition) is 4. The van der Waals surface area contributed by atoms with E-state index in [1.54, 1.807) is 0 Å². The molecule has 1 atom stereocenters. The van der Waals surface area contributed by atoms with E-state index >= 15 is 0 Å². The zero-order chi connectivity index (χ0) is 18.8. The second-order valence-corrected chi connectivity index (χ2v) is 6.60. The van der Waals surface area contributed by atoms with E-state index in [0.717, 1.165) is 25.7 Å². The van der Waals surface area contributed by atoms with Crippen molar-refractivity contribution in [1.29, 1.82) is 0 Å². The monoisotopic (exact) mass is 354 g/mol. The van der Waals surface area contributed by atoms with Gasteiger partial charge < -0.3 is 9.47 Å². The quantitative estimate of drug-likeness (QED) is 0.201. The lowest BCUT2D eigenvalue weighted by molar-refractivity contribution is -0.149. The van der Waals surface area contributed by atoms with Crippen molar-refractivity contribution < 1.29 is 19.1 Å². The summed E-state index contributed by atoms with van der Waals surface area (Å²) in [6.07, 6.45) is 15.2. The average molecular weight is 355 g/mol. The van der Waals surface area contributed by atoms with Crippen LogP contribution in [0.3, 0.4) is 0 Å². The Kier molecular flexibility index (Phi) is 16.6. The molecule has 0 amide bonds. The van der Waals surface area contributed by atoms with Crippen molar-refractivity contribution in [1.82, 2.24) is 0 Å². The highest BCUT2D eigenvalue weighted by atomic mass is 16.5. The molecule has 25 heavy (non-hydrogen) atoms. The van der Waals surface area contributed by atoms with Crippen LogP contribution in [0.5, 0.6) is 0 Å². The van der Waals surface area contributed by atoms with E-state index in [1.807, 2.05) is 13.0 Å². The number of carbonyl (C=O) groups excluding carboxylic acids is 2. The molecule has 0 saturated heterocycles. The summed E-state index contributed by atoms with van der Waals surface area (Å²) in [6, 6.07) is 0. The fraction of sp³-hybridized carbons (Fsp3) is 0.810. The van der Waals surface area contributed by atoms with Crippen LogP contribution in [0.25, 0.3) is 0 Å². The summed E-state index contributed by atoms with van der Waals surface area (Å²) in [5, 5.41) is 0. The SMILES string of the molecule is CC/C=C/CCOC(=O)CCCC(=O)OC(C)CCCCCCCC. The molecule has 0 aliphatic carbocycles. The van der Waals surface area contributed by atoms with Gasteiger partial charge in [-0.1, -0.05) is 58.1 Å². The molecule has 146 valence electrons. The van der Waals surface area contributed by atoms with Crippen LogP contribution >= 0.6 is 0 Å². The van der Waals surface area contributed by atoms with Crippen LogP contribution < -0.4 is 0 Å². The summed E-state index contributed by atoms with van der Waals surface area (Å²) in [7, 11) is 0. The minimum Gasteiger partial charge on any atom is -0.465 e. The standard InChI is InChI=1S/C21H38O4/c1-4-6-8-10-11-12-15-19(3)25-21(23)17-14-16-20(22)24-18-13-9-7-5-2/h7,9,19H,4-6,8,10-18H2,1-3H3/b9-7+. The van der Waals surface area contributed by atoms with E-state index in [2.05, 4.69) is 19.9 Å². The van der Waals surface area contributed by atoms with Crippen LogP contribution in [-0.4, -0.2) is 24.6 Å². The van der Waals surface area contributed by atoms with Crippen molar-refractivity contribution in [2.24, 2.45) is 0 Å². The Labute approximate surface area is 154 Å². The zero-order valence-electron chi connectivity index (χ0n) is 16.6. The van der Waals surface area contributed by atoms with Gasteiger partial charge in [0.2, 0.25) is 0 Å². The molecule has 4 nitrogen and oxygen atoms in total. The van der Waals surface area contributed by atoms with Gasteiger partial charge in [0.05, 0.1) is 12.7 Å². The van der Waals surface area contributed by atoms with Crippen LogP contribution in [0.15, 0.2) is 12.2 Å². The first-order valence-corrected chi connectivity index (χ1v) is 10.1. The zero-order valence-corrected chi connectivity index (χ0v) is 16.6. The molecular weight excluding hydrogens is 316 g/mol. The maximum Gasteiger partial charge on any atom is 0.306 e. The molecule has 0 rings (SSSR count). The molecule has 0 N–H and O–H groups in total. The molecule has 0 aliphatic heterocycles. The Bertz CT molecular complexity index is 363. The summed E-state index contributed by atoms with van der Waals surface area (Å²) >= 11 is 0. The summed E-state index contributed by atoms with van der Waals surface area (Å²) in [4.78, 5) is 23.3. The topological polar surface area (TPSA) is 52.6 Å². The van der Waals surface area contributed by atoms with Crippen molar-refractivity contribution in [3.63, 3.8) is 0 Å². The molecule has 0 aromatic rings. The van der Waals surface area contributed by atoms with Gasteiger partial charge in [-0.2, -0.15) is 0 Å². The molecule has 0 heterocycles. The fourth-order valence-corrected chi connectivity index (χ4v) is 2.53. The van der Waals surface area contributed by atoms with Crippen LogP contribution in [0.2, 0.25) is 0 Å². The molecule has 0 fully saturated rings. The summed E-state index contributed by atoms with van der Waals surface area (Å²) < 4.78 is 10.5. The third kappa shape index (κ3) is 17.3. The van der Waals surface area contributed by atoms with Crippen molar-refractivity contribution >= 4 is 11.9 Å². The third-order valence-electron chi connectivity index (χ3n) is 4.01. The minimum absolute atomic E-state index is 0.0315. The highest BCUT2D eigenvalue weighted by Crippen LogP contribution is 2.11. The molecule has 4 heteroatoms. The maximum absolute atomic E-state index is 11.8. The minimum atomic E-state index is -0.238. The molecule has 0 saturated carbocycles. The molecule has 0 bridgehead atoms. The van der Waals surface area contributed by atoms with E-state index in [1.165, 1.54) is 32.1 Å². The van der Waals surface area contributed by atoms with E-state index in [-0.39, 0.29) is 30.9 Å². The van der Waals surface area contributed by atoms with Gasteiger partial charge in [-0.3, -0.25) is 9.59 Å². The second kappa shape index (κ2) is 17.5. The first-order valence-electron chi connectivity index (χ1n) is 10.1. The van der Waals surface area contributed by atoms with Gasteiger partial charge in [0.1, 0.15) is 0 Å². The highest BCUT2D eigenvalue weighted by Gasteiger charge is 2.11. The van der Waals surface area contributed by atoms with Crippen LogP contribution in [0, 0.1) is 0 Å². The average Bonchev–Trinajstić information content (AvgIpc) is 2.57. The summed E-state index contributed by atoms with van der Waals surface area (Å²) in [6.45, 7) is 6.64. The van der Waals surface area contributed by atoms with Gasteiger partial charge in [-0.25, -0.2) is 0 Å². The molecule has 1 unspecified atom stereocenters. The number of carbonyl (C=O) groups is 2. The third-order valence-corrected chi connectivity index (χ3v) is 4.01. The summed E-state index contributed by atoms with van der Waals surface area (Å²) in [5.41, 5.74) is 0. The molecule has 0 aromatic carbocycles. The van der Waals surface area contributed by atoms with Crippen molar-refractivity contribution in [3.8, 4) is 0 Å². The van der Waals surface area contributed by atoms with E-state index < -0.39 is 0 Å². The maximum atomic E-state index is 11.8. The fourth-order valence-electron chi connectivity index (χ4n) is 2.53.